The minimum Gasteiger partial charge on any atom is -0.497 e. The standard InChI is InChI=1S/C18H21N3O/c1-12-5-6-15(13(2)19)11-18(12)21-14(3)20-16-7-9-17(22-4)10-8-16/h5-11H,2,19H2,1,3-4H3,(H,20,21). The molecule has 2 aromatic carbocycles. The largest absolute Gasteiger partial charge is 0.497 e. The minimum atomic E-state index is 0.539. The van der Waals surface area contributed by atoms with Gasteiger partial charge in [-0.1, -0.05) is 18.7 Å². The lowest BCUT2D eigenvalue weighted by Gasteiger charge is -2.09. The van der Waals surface area contributed by atoms with Gasteiger partial charge in [-0.05, 0) is 55.3 Å². The fourth-order valence-corrected chi connectivity index (χ4v) is 2.02. The van der Waals surface area contributed by atoms with E-state index in [2.05, 4.69) is 16.9 Å². The molecule has 3 N–H and O–H groups in total. The van der Waals surface area contributed by atoms with E-state index >= 15 is 0 Å². The summed E-state index contributed by atoms with van der Waals surface area (Å²) in [4.78, 5) is 4.62. The zero-order chi connectivity index (χ0) is 16.1. The van der Waals surface area contributed by atoms with Crippen molar-refractivity contribution in [2.24, 2.45) is 10.7 Å². The molecule has 4 nitrogen and oxygen atoms in total. The van der Waals surface area contributed by atoms with Gasteiger partial charge in [0.2, 0.25) is 0 Å². The molecule has 0 saturated heterocycles. The van der Waals surface area contributed by atoms with E-state index in [1.165, 1.54) is 0 Å². The highest BCUT2D eigenvalue weighted by Crippen LogP contribution is 2.23. The summed E-state index contributed by atoms with van der Waals surface area (Å²) in [5, 5.41) is 3.26. The third kappa shape index (κ3) is 3.88. The molecule has 4 heteroatoms. The van der Waals surface area contributed by atoms with E-state index in [1.807, 2.05) is 56.3 Å². The van der Waals surface area contributed by atoms with Crippen LogP contribution in [0.3, 0.4) is 0 Å². The zero-order valence-electron chi connectivity index (χ0n) is 13.2. The van der Waals surface area contributed by atoms with Gasteiger partial charge < -0.3 is 15.8 Å². The molecule has 0 aromatic heterocycles. The van der Waals surface area contributed by atoms with Crippen molar-refractivity contribution in [3.05, 3.63) is 60.2 Å². The molecule has 0 amide bonds. The molecule has 0 unspecified atom stereocenters. The van der Waals surface area contributed by atoms with Gasteiger partial charge in [0.1, 0.15) is 11.6 Å². The average Bonchev–Trinajstić information content (AvgIpc) is 2.50. The maximum absolute atomic E-state index is 5.74. The van der Waals surface area contributed by atoms with Crippen LogP contribution in [0.5, 0.6) is 5.75 Å². The number of nitrogens with zero attached hydrogens (tertiary/aromatic N) is 1. The zero-order valence-corrected chi connectivity index (χ0v) is 13.2. The van der Waals surface area contributed by atoms with Gasteiger partial charge in [-0.15, -0.1) is 0 Å². The Morgan fingerprint density at radius 1 is 1.18 bits per heavy atom. The van der Waals surface area contributed by atoms with Gasteiger partial charge in [-0.2, -0.15) is 0 Å². The number of aryl methyl sites for hydroxylation is 1. The van der Waals surface area contributed by atoms with E-state index in [9.17, 15) is 0 Å². The smallest absolute Gasteiger partial charge is 0.119 e. The Morgan fingerprint density at radius 2 is 1.86 bits per heavy atom. The summed E-state index contributed by atoms with van der Waals surface area (Å²) >= 11 is 0. The molecule has 0 fully saturated rings. The fraction of sp³-hybridized carbons (Fsp3) is 0.167. The third-order valence-electron chi connectivity index (χ3n) is 3.28. The number of benzene rings is 2. The molecule has 0 spiro atoms. The topological polar surface area (TPSA) is 59.6 Å². The van der Waals surface area contributed by atoms with Crippen LogP contribution in [0.25, 0.3) is 5.70 Å². The van der Waals surface area contributed by atoms with E-state index in [1.54, 1.807) is 7.11 Å². The van der Waals surface area contributed by atoms with Gasteiger partial charge >= 0.3 is 0 Å². The summed E-state index contributed by atoms with van der Waals surface area (Å²) < 4.78 is 5.14. The number of nitrogens with one attached hydrogen (secondary N) is 1. The molecule has 0 atom stereocenters. The third-order valence-corrected chi connectivity index (χ3v) is 3.28. The van der Waals surface area contributed by atoms with Crippen molar-refractivity contribution in [2.45, 2.75) is 13.8 Å². The van der Waals surface area contributed by atoms with Gasteiger partial charge in [-0.3, -0.25) is 0 Å². The summed E-state index contributed by atoms with van der Waals surface area (Å²) in [6.45, 7) is 7.70. The molecule has 0 aliphatic carbocycles. The molecule has 0 heterocycles. The number of aliphatic imine (C=N–C) groups is 1. The highest BCUT2D eigenvalue weighted by atomic mass is 16.5. The molecule has 0 aliphatic rings. The maximum atomic E-state index is 5.74. The van der Waals surface area contributed by atoms with Crippen LogP contribution in [0.2, 0.25) is 0 Å². The van der Waals surface area contributed by atoms with Gasteiger partial charge in [0.25, 0.3) is 0 Å². The number of methoxy groups -OCH3 is 1. The van der Waals surface area contributed by atoms with E-state index in [4.69, 9.17) is 10.5 Å². The second kappa shape index (κ2) is 6.80. The predicted molar refractivity (Wildman–Crippen MR) is 93.8 cm³/mol. The number of anilines is 1. The van der Waals surface area contributed by atoms with Crippen LogP contribution >= 0.6 is 0 Å². The van der Waals surface area contributed by atoms with E-state index in [0.717, 1.165) is 34.1 Å². The van der Waals surface area contributed by atoms with Gasteiger partial charge in [0.15, 0.2) is 0 Å². The highest BCUT2D eigenvalue weighted by Gasteiger charge is 2.02. The summed E-state index contributed by atoms with van der Waals surface area (Å²) in [5.41, 5.74) is 10.1. The van der Waals surface area contributed by atoms with Crippen LogP contribution in [0.4, 0.5) is 11.4 Å². The number of rotatable bonds is 4. The normalized spacial score (nSPS) is 11.1. The van der Waals surface area contributed by atoms with Crippen molar-refractivity contribution in [1.29, 1.82) is 0 Å². The highest BCUT2D eigenvalue weighted by molar-refractivity contribution is 5.95. The first-order valence-corrected chi connectivity index (χ1v) is 7.01. The molecule has 22 heavy (non-hydrogen) atoms. The number of amidine groups is 1. The van der Waals surface area contributed by atoms with Gasteiger partial charge in [-0.25, -0.2) is 4.99 Å². The van der Waals surface area contributed by atoms with E-state index < -0.39 is 0 Å². The second-order valence-electron chi connectivity index (χ2n) is 5.08. The number of ether oxygens (including phenoxy) is 1. The van der Waals surface area contributed by atoms with Crippen LogP contribution in [-0.2, 0) is 0 Å². The number of hydrogen-bond acceptors (Lipinski definition) is 3. The van der Waals surface area contributed by atoms with E-state index in [-0.39, 0.29) is 0 Å². The molecule has 2 aromatic rings. The lowest BCUT2D eigenvalue weighted by molar-refractivity contribution is 0.415. The molecular weight excluding hydrogens is 274 g/mol. The molecule has 114 valence electrons. The quantitative estimate of drug-likeness (QED) is 0.659. The molecule has 0 bridgehead atoms. The predicted octanol–water partition coefficient (Wildman–Crippen LogP) is 4.10. The lowest BCUT2D eigenvalue weighted by Crippen LogP contribution is -2.06. The summed E-state index contributed by atoms with van der Waals surface area (Å²) in [6, 6.07) is 13.6. The first-order chi connectivity index (χ1) is 10.5. The van der Waals surface area contributed by atoms with Crippen LogP contribution in [0, 0.1) is 6.92 Å². The Balaban J connectivity index is 2.20. The fourth-order valence-electron chi connectivity index (χ4n) is 2.02. The Kier molecular flexibility index (Phi) is 4.84. The number of nitrogens with two attached hydrogens (primary N) is 1. The average molecular weight is 295 g/mol. The first kappa shape index (κ1) is 15.6. The lowest BCUT2D eigenvalue weighted by atomic mass is 10.1. The van der Waals surface area contributed by atoms with Crippen LogP contribution in [-0.4, -0.2) is 12.9 Å². The minimum absolute atomic E-state index is 0.539. The molecule has 0 saturated carbocycles. The van der Waals surface area contributed by atoms with Crippen molar-refractivity contribution in [2.75, 3.05) is 12.4 Å². The van der Waals surface area contributed by atoms with Gasteiger partial charge in [0.05, 0.1) is 12.8 Å². The number of hydrogen-bond donors (Lipinski definition) is 2. The summed E-state index contributed by atoms with van der Waals surface area (Å²) in [7, 11) is 1.65. The monoisotopic (exact) mass is 295 g/mol. The molecule has 2 rings (SSSR count). The van der Waals surface area contributed by atoms with Crippen molar-refractivity contribution >= 4 is 22.9 Å². The van der Waals surface area contributed by atoms with Crippen molar-refractivity contribution in [3.63, 3.8) is 0 Å². The Labute approximate surface area is 131 Å². The van der Waals surface area contributed by atoms with Gasteiger partial charge in [0, 0.05) is 11.4 Å². The van der Waals surface area contributed by atoms with Crippen molar-refractivity contribution in [3.8, 4) is 5.75 Å². The first-order valence-electron chi connectivity index (χ1n) is 7.01. The SMILES string of the molecule is C=C(N)c1ccc(C)c(N=C(C)Nc2ccc(OC)cc2)c1. The second-order valence-corrected chi connectivity index (χ2v) is 5.08. The van der Waals surface area contributed by atoms with Crippen molar-refractivity contribution < 1.29 is 4.74 Å². The maximum Gasteiger partial charge on any atom is 0.119 e. The Hall–Kier alpha value is -2.75. The summed E-state index contributed by atoms with van der Waals surface area (Å²) in [6.07, 6.45) is 0. The Bertz CT molecular complexity index is 703. The van der Waals surface area contributed by atoms with E-state index in [0.29, 0.717) is 5.70 Å². The Morgan fingerprint density at radius 3 is 2.45 bits per heavy atom. The molecule has 0 radical (unpaired) electrons. The van der Waals surface area contributed by atoms with Crippen LogP contribution < -0.4 is 15.8 Å². The van der Waals surface area contributed by atoms with Crippen LogP contribution in [0.1, 0.15) is 18.1 Å². The van der Waals surface area contributed by atoms with Crippen molar-refractivity contribution in [1.82, 2.24) is 0 Å². The van der Waals surface area contributed by atoms with Crippen LogP contribution in [0.15, 0.2) is 54.0 Å². The molecular formula is C18H21N3O. The molecule has 0 aliphatic heterocycles. The summed E-state index contributed by atoms with van der Waals surface area (Å²) in [5.74, 6) is 1.62.